The molecular weight excluding hydrogens is 280 g/mol. The molecule has 1 N–H and O–H groups in total. The second-order valence-corrected chi connectivity index (χ2v) is 6.99. The van der Waals surface area contributed by atoms with Crippen LogP contribution in [0.2, 0.25) is 5.02 Å². The van der Waals surface area contributed by atoms with Gasteiger partial charge >= 0.3 is 0 Å². The van der Waals surface area contributed by atoms with Crippen LogP contribution in [0.1, 0.15) is 57.6 Å². The predicted molar refractivity (Wildman–Crippen MR) is 91.3 cm³/mol. The topological polar surface area (TPSA) is 15.3 Å². The van der Waals surface area contributed by atoms with Gasteiger partial charge in [0, 0.05) is 29.3 Å². The van der Waals surface area contributed by atoms with Crippen molar-refractivity contribution in [1.29, 1.82) is 0 Å². The van der Waals surface area contributed by atoms with Gasteiger partial charge in [-0.2, -0.15) is 0 Å². The minimum Gasteiger partial charge on any atom is -0.368 e. The van der Waals surface area contributed by atoms with Crippen LogP contribution in [0.4, 0.5) is 5.69 Å². The number of hydrogen-bond donors (Lipinski definition) is 1. The number of halogens is 1. The monoisotopic (exact) mass is 306 g/mol. The molecule has 3 atom stereocenters. The lowest BCUT2D eigenvalue weighted by Gasteiger charge is -2.39. The maximum Gasteiger partial charge on any atom is 0.0474 e. The fourth-order valence-corrected chi connectivity index (χ4v) is 4.57. The van der Waals surface area contributed by atoms with E-state index < -0.39 is 0 Å². The molecule has 3 heteroatoms. The highest BCUT2D eigenvalue weighted by Gasteiger charge is 2.35. The zero-order valence-electron chi connectivity index (χ0n) is 13.2. The quantitative estimate of drug-likeness (QED) is 0.861. The Kier molecular flexibility index (Phi) is 4.75. The summed E-state index contributed by atoms with van der Waals surface area (Å²) in [6.45, 7) is 6.47. The van der Waals surface area contributed by atoms with Crippen LogP contribution in [0.3, 0.4) is 0 Å². The smallest absolute Gasteiger partial charge is 0.0474 e. The SMILES string of the molecule is CCNC(C)c1ccc(N2CCCC3CCCC32)cc1Cl. The summed E-state index contributed by atoms with van der Waals surface area (Å²) in [5.41, 5.74) is 2.53. The molecule has 1 saturated carbocycles. The van der Waals surface area contributed by atoms with Crippen LogP contribution < -0.4 is 10.2 Å². The van der Waals surface area contributed by atoms with E-state index in [2.05, 4.69) is 42.3 Å². The Morgan fingerprint density at radius 3 is 2.86 bits per heavy atom. The number of anilines is 1. The lowest BCUT2D eigenvalue weighted by Crippen LogP contribution is -2.42. The molecule has 1 aromatic rings. The van der Waals surface area contributed by atoms with Crippen molar-refractivity contribution >= 4 is 17.3 Å². The Hall–Kier alpha value is -0.730. The molecule has 2 fully saturated rings. The van der Waals surface area contributed by atoms with Gasteiger partial charge in [0.25, 0.3) is 0 Å². The number of hydrogen-bond acceptors (Lipinski definition) is 2. The molecule has 0 radical (unpaired) electrons. The van der Waals surface area contributed by atoms with Gasteiger partial charge < -0.3 is 10.2 Å². The van der Waals surface area contributed by atoms with E-state index in [0.717, 1.165) is 23.5 Å². The first-order valence-electron chi connectivity index (χ1n) is 8.50. The van der Waals surface area contributed by atoms with Gasteiger partial charge in [-0.15, -0.1) is 0 Å². The number of piperidine rings is 1. The number of nitrogens with zero attached hydrogens (tertiary/aromatic N) is 1. The van der Waals surface area contributed by atoms with Crippen molar-refractivity contribution < 1.29 is 0 Å². The molecule has 1 heterocycles. The normalized spacial score (nSPS) is 26.7. The zero-order valence-corrected chi connectivity index (χ0v) is 14.0. The van der Waals surface area contributed by atoms with Crippen LogP contribution in [-0.2, 0) is 0 Å². The number of nitrogens with one attached hydrogen (secondary N) is 1. The van der Waals surface area contributed by atoms with Crippen molar-refractivity contribution in [2.24, 2.45) is 5.92 Å². The van der Waals surface area contributed by atoms with E-state index in [-0.39, 0.29) is 0 Å². The summed E-state index contributed by atoms with van der Waals surface area (Å²) >= 11 is 6.56. The van der Waals surface area contributed by atoms with Crippen molar-refractivity contribution in [3.05, 3.63) is 28.8 Å². The van der Waals surface area contributed by atoms with Crippen LogP contribution in [0.25, 0.3) is 0 Å². The highest BCUT2D eigenvalue weighted by molar-refractivity contribution is 6.31. The molecule has 1 aliphatic heterocycles. The summed E-state index contributed by atoms with van der Waals surface area (Å²) in [5, 5.41) is 4.34. The Bertz CT molecular complexity index is 488. The third-order valence-electron chi connectivity index (χ3n) is 5.29. The summed E-state index contributed by atoms with van der Waals surface area (Å²) in [5.74, 6) is 0.915. The van der Waals surface area contributed by atoms with Gasteiger partial charge in [0.1, 0.15) is 0 Å². The van der Waals surface area contributed by atoms with Crippen LogP contribution in [-0.4, -0.2) is 19.1 Å². The van der Waals surface area contributed by atoms with Gasteiger partial charge in [-0.25, -0.2) is 0 Å². The molecule has 1 aromatic carbocycles. The van der Waals surface area contributed by atoms with E-state index in [1.165, 1.54) is 49.9 Å². The Labute approximate surface area is 133 Å². The van der Waals surface area contributed by atoms with E-state index in [4.69, 9.17) is 11.6 Å². The standard InChI is InChI=1S/C18H27ClN2/c1-3-20-13(2)16-10-9-15(12-17(16)19)21-11-5-7-14-6-4-8-18(14)21/h9-10,12-14,18,20H,3-8,11H2,1-2H3. The van der Waals surface area contributed by atoms with E-state index in [1.807, 2.05) is 0 Å². The maximum atomic E-state index is 6.56. The molecule has 1 saturated heterocycles. The third kappa shape index (κ3) is 3.07. The zero-order chi connectivity index (χ0) is 14.8. The molecule has 0 spiro atoms. The van der Waals surface area contributed by atoms with Gasteiger partial charge in [0.15, 0.2) is 0 Å². The van der Waals surface area contributed by atoms with Gasteiger partial charge in [-0.3, -0.25) is 0 Å². The Morgan fingerprint density at radius 2 is 2.10 bits per heavy atom. The molecule has 21 heavy (non-hydrogen) atoms. The first-order valence-corrected chi connectivity index (χ1v) is 8.88. The van der Waals surface area contributed by atoms with Crippen molar-refractivity contribution in [2.75, 3.05) is 18.0 Å². The van der Waals surface area contributed by atoms with Gasteiger partial charge in [0.05, 0.1) is 0 Å². The van der Waals surface area contributed by atoms with E-state index in [9.17, 15) is 0 Å². The van der Waals surface area contributed by atoms with Gasteiger partial charge in [0.2, 0.25) is 0 Å². The number of benzene rings is 1. The largest absolute Gasteiger partial charge is 0.368 e. The maximum absolute atomic E-state index is 6.56. The van der Waals surface area contributed by atoms with E-state index in [0.29, 0.717) is 6.04 Å². The second kappa shape index (κ2) is 6.58. The van der Waals surface area contributed by atoms with Crippen LogP contribution in [0, 0.1) is 5.92 Å². The van der Waals surface area contributed by atoms with Crippen molar-refractivity contribution in [1.82, 2.24) is 5.32 Å². The molecule has 2 nitrogen and oxygen atoms in total. The summed E-state index contributed by atoms with van der Waals surface area (Å²) in [6.07, 6.45) is 6.93. The Balaban J connectivity index is 1.81. The van der Waals surface area contributed by atoms with Crippen LogP contribution in [0.15, 0.2) is 18.2 Å². The van der Waals surface area contributed by atoms with Crippen molar-refractivity contribution in [2.45, 2.75) is 58.0 Å². The molecule has 2 aliphatic rings. The summed E-state index contributed by atoms with van der Waals surface area (Å²) in [7, 11) is 0. The lowest BCUT2D eigenvalue weighted by molar-refractivity contribution is 0.362. The molecular formula is C18H27ClN2. The summed E-state index contributed by atoms with van der Waals surface area (Å²) < 4.78 is 0. The molecule has 0 amide bonds. The molecule has 3 rings (SSSR count). The fourth-order valence-electron chi connectivity index (χ4n) is 4.24. The fraction of sp³-hybridized carbons (Fsp3) is 0.667. The number of fused-ring (bicyclic) bond motifs is 1. The second-order valence-electron chi connectivity index (χ2n) is 6.58. The average Bonchev–Trinajstić information content (AvgIpc) is 2.95. The average molecular weight is 307 g/mol. The van der Waals surface area contributed by atoms with Gasteiger partial charge in [-0.1, -0.05) is 31.0 Å². The molecule has 0 bridgehead atoms. The summed E-state index contributed by atoms with van der Waals surface area (Å²) in [6, 6.07) is 7.74. The molecule has 3 unspecified atom stereocenters. The molecule has 1 aliphatic carbocycles. The minimum absolute atomic E-state index is 0.317. The summed E-state index contributed by atoms with van der Waals surface area (Å²) in [4.78, 5) is 2.62. The van der Waals surface area contributed by atoms with Crippen LogP contribution >= 0.6 is 11.6 Å². The van der Waals surface area contributed by atoms with Crippen molar-refractivity contribution in [3.8, 4) is 0 Å². The van der Waals surface area contributed by atoms with Crippen LogP contribution in [0.5, 0.6) is 0 Å². The first kappa shape index (κ1) is 15.2. The highest BCUT2D eigenvalue weighted by atomic mass is 35.5. The minimum atomic E-state index is 0.317. The highest BCUT2D eigenvalue weighted by Crippen LogP contribution is 2.40. The van der Waals surface area contributed by atoms with E-state index in [1.54, 1.807) is 0 Å². The van der Waals surface area contributed by atoms with Gasteiger partial charge in [-0.05, 0) is 62.8 Å². The molecule has 0 aromatic heterocycles. The lowest BCUT2D eigenvalue weighted by atomic mass is 9.91. The predicted octanol–water partition coefficient (Wildman–Crippen LogP) is 4.78. The third-order valence-corrected chi connectivity index (χ3v) is 5.61. The Morgan fingerprint density at radius 1 is 1.29 bits per heavy atom. The van der Waals surface area contributed by atoms with E-state index >= 15 is 0 Å². The first-order chi connectivity index (χ1) is 10.2. The molecule has 116 valence electrons. The van der Waals surface area contributed by atoms with Crippen molar-refractivity contribution in [3.63, 3.8) is 0 Å². The number of rotatable bonds is 4.